The molecule has 0 unspecified atom stereocenters. The van der Waals surface area contributed by atoms with Gasteiger partial charge in [0, 0.05) is 12.2 Å². The van der Waals surface area contributed by atoms with E-state index in [9.17, 15) is 8.78 Å². The Labute approximate surface area is 115 Å². The van der Waals surface area contributed by atoms with Crippen molar-refractivity contribution in [2.24, 2.45) is 0 Å². The van der Waals surface area contributed by atoms with Gasteiger partial charge < -0.3 is 10.1 Å². The van der Waals surface area contributed by atoms with Crippen LogP contribution in [0.5, 0.6) is 5.75 Å². The molecule has 0 aliphatic rings. The van der Waals surface area contributed by atoms with Crippen molar-refractivity contribution in [1.82, 2.24) is 0 Å². The normalized spacial score (nSPS) is 10.3. The molecule has 0 fully saturated rings. The van der Waals surface area contributed by atoms with Gasteiger partial charge in [-0.25, -0.2) is 8.78 Å². The highest BCUT2D eigenvalue weighted by Gasteiger charge is 2.04. The van der Waals surface area contributed by atoms with Gasteiger partial charge >= 0.3 is 0 Å². The molecular weight excluding hydrogens is 272 g/mol. The Bertz CT molecular complexity index is 590. The molecule has 0 amide bonds. The molecule has 2 rings (SSSR count). The minimum atomic E-state index is -0.470. The fourth-order valence-corrected chi connectivity index (χ4v) is 1.81. The summed E-state index contributed by atoms with van der Waals surface area (Å²) < 4.78 is 31.3. The van der Waals surface area contributed by atoms with E-state index in [-0.39, 0.29) is 10.8 Å². The van der Waals surface area contributed by atoms with E-state index in [2.05, 4.69) is 5.32 Å². The monoisotopic (exact) mass is 283 g/mol. The summed E-state index contributed by atoms with van der Waals surface area (Å²) in [4.78, 5) is 0. The molecule has 0 spiro atoms. The number of hydrogen-bond donors (Lipinski definition) is 1. The molecule has 0 bridgehead atoms. The number of anilines is 1. The molecule has 0 atom stereocenters. The van der Waals surface area contributed by atoms with E-state index in [0.717, 1.165) is 5.56 Å². The largest absolute Gasteiger partial charge is 0.494 e. The molecule has 2 aromatic rings. The Morgan fingerprint density at radius 3 is 2.53 bits per heavy atom. The molecule has 0 saturated carbocycles. The summed E-state index contributed by atoms with van der Waals surface area (Å²) in [5.74, 6) is -0.685. The average molecular weight is 284 g/mol. The molecule has 100 valence electrons. The first-order valence-corrected chi connectivity index (χ1v) is 5.99. The number of ether oxygens (including phenoxy) is 1. The Balaban J connectivity index is 2.05. The van der Waals surface area contributed by atoms with Crippen molar-refractivity contribution in [3.05, 3.63) is 58.6 Å². The van der Waals surface area contributed by atoms with Crippen LogP contribution in [0.4, 0.5) is 14.5 Å². The molecular formula is C14H12ClF2NO. The van der Waals surface area contributed by atoms with Crippen molar-refractivity contribution < 1.29 is 13.5 Å². The Kier molecular flexibility index (Phi) is 4.22. The molecule has 0 saturated heterocycles. The van der Waals surface area contributed by atoms with E-state index in [4.69, 9.17) is 16.3 Å². The summed E-state index contributed by atoms with van der Waals surface area (Å²) in [5, 5.41) is 3.08. The SMILES string of the molecule is COc1ccc(CNc2ccc(F)c(Cl)c2)cc1F. The van der Waals surface area contributed by atoms with Crippen LogP contribution in [0.3, 0.4) is 0 Å². The first kappa shape index (κ1) is 13.6. The van der Waals surface area contributed by atoms with Crippen molar-refractivity contribution >= 4 is 17.3 Å². The number of rotatable bonds is 4. The van der Waals surface area contributed by atoms with Gasteiger partial charge in [-0.15, -0.1) is 0 Å². The van der Waals surface area contributed by atoms with Gasteiger partial charge in [0.1, 0.15) is 5.82 Å². The molecule has 0 heterocycles. The zero-order valence-electron chi connectivity index (χ0n) is 10.2. The van der Waals surface area contributed by atoms with E-state index in [1.807, 2.05) is 0 Å². The predicted octanol–water partition coefficient (Wildman–Crippen LogP) is 4.24. The number of nitrogens with one attached hydrogen (secondary N) is 1. The molecule has 19 heavy (non-hydrogen) atoms. The molecule has 2 aromatic carbocycles. The van der Waals surface area contributed by atoms with Crippen molar-refractivity contribution in [1.29, 1.82) is 0 Å². The minimum absolute atomic E-state index is 0.0471. The van der Waals surface area contributed by atoms with Gasteiger partial charge in [-0.3, -0.25) is 0 Å². The van der Waals surface area contributed by atoms with Crippen LogP contribution in [-0.4, -0.2) is 7.11 Å². The van der Waals surface area contributed by atoms with Crippen LogP contribution in [0.15, 0.2) is 36.4 Å². The lowest BCUT2D eigenvalue weighted by atomic mass is 10.2. The Hall–Kier alpha value is -1.81. The van der Waals surface area contributed by atoms with Crippen LogP contribution < -0.4 is 10.1 Å². The standard InChI is InChI=1S/C14H12ClF2NO/c1-19-14-5-2-9(6-13(14)17)8-18-10-3-4-12(16)11(15)7-10/h2-7,18H,8H2,1H3. The van der Waals surface area contributed by atoms with E-state index < -0.39 is 11.6 Å². The van der Waals surface area contributed by atoms with Gasteiger partial charge in [0.25, 0.3) is 0 Å². The Morgan fingerprint density at radius 1 is 1.11 bits per heavy atom. The van der Waals surface area contributed by atoms with Gasteiger partial charge in [0.15, 0.2) is 11.6 Å². The maximum absolute atomic E-state index is 13.5. The lowest BCUT2D eigenvalue weighted by Gasteiger charge is -2.08. The molecule has 1 N–H and O–H groups in total. The number of halogens is 3. The van der Waals surface area contributed by atoms with Crippen molar-refractivity contribution in [2.45, 2.75) is 6.54 Å². The quantitative estimate of drug-likeness (QED) is 0.906. The second kappa shape index (κ2) is 5.89. The molecule has 0 aromatic heterocycles. The summed E-state index contributed by atoms with van der Waals surface area (Å²) in [6.07, 6.45) is 0. The van der Waals surface area contributed by atoms with Crippen LogP contribution in [0, 0.1) is 11.6 Å². The van der Waals surface area contributed by atoms with E-state index in [1.54, 1.807) is 18.2 Å². The van der Waals surface area contributed by atoms with Crippen molar-refractivity contribution in [3.8, 4) is 5.75 Å². The maximum Gasteiger partial charge on any atom is 0.165 e. The third kappa shape index (κ3) is 3.35. The van der Waals surface area contributed by atoms with Crippen LogP contribution in [-0.2, 0) is 6.54 Å². The molecule has 5 heteroatoms. The van der Waals surface area contributed by atoms with Gasteiger partial charge in [-0.1, -0.05) is 17.7 Å². The number of methoxy groups -OCH3 is 1. The van der Waals surface area contributed by atoms with E-state index in [1.165, 1.54) is 25.3 Å². The van der Waals surface area contributed by atoms with Gasteiger partial charge in [-0.05, 0) is 35.9 Å². The lowest BCUT2D eigenvalue weighted by Crippen LogP contribution is -2.00. The lowest BCUT2D eigenvalue weighted by molar-refractivity contribution is 0.386. The van der Waals surface area contributed by atoms with E-state index >= 15 is 0 Å². The topological polar surface area (TPSA) is 21.3 Å². The van der Waals surface area contributed by atoms with Crippen LogP contribution in [0.1, 0.15) is 5.56 Å². The molecule has 0 radical (unpaired) electrons. The zero-order chi connectivity index (χ0) is 13.8. The summed E-state index contributed by atoms with van der Waals surface area (Å²) >= 11 is 5.67. The van der Waals surface area contributed by atoms with Crippen molar-refractivity contribution in [3.63, 3.8) is 0 Å². The van der Waals surface area contributed by atoms with Gasteiger partial charge in [0.2, 0.25) is 0 Å². The first-order valence-electron chi connectivity index (χ1n) is 5.61. The van der Waals surface area contributed by atoms with Gasteiger partial charge in [-0.2, -0.15) is 0 Å². The van der Waals surface area contributed by atoms with Crippen LogP contribution in [0.2, 0.25) is 5.02 Å². The Morgan fingerprint density at radius 2 is 1.89 bits per heavy atom. The average Bonchev–Trinajstić information content (AvgIpc) is 2.40. The fraction of sp³-hybridized carbons (Fsp3) is 0.143. The first-order chi connectivity index (χ1) is 9.10. The summed E-state index contributed by atoms with van der Waals surface area (Å²) in [6, 6.07) is 9.03. The zero-order valence-corrected chi connectivity index (χ0v) is 11.0. The highest BCUT2D eigenvalue weighted by atomic mass is 35.5. The van der Waals surface area contributed by atoms with Gasteiger partial charge in [0.05, 0.1) is 12.1 Å². The van der Waals surface area contributed by atoms with Crippen LogP contribution in [0.25, 0.3) is 0 Å². The number of hydrogen-bond acceptors (Lipinski definition) is 2. The second-order valence-electron chi connectivity index (χ2n) is 3.95. The highest BCUT2D eigenvalue weighted by Crippen LogP contribution is 2.21. The highest BCUT2D eigenvalue weighted by molar-refractivity contribution is 6.31. The number of benzene rings is 2. The second-order valence-corrected chi connectivity index (χ2v) is 4.36. The third-order valence-electron chi connectivity index (χ3n) is 2.63. The van der Waals surface area contributed by atoms with E-state index in [0.29, 0.717) is 12.2 Å². The summed E-state index contributed by atoms with van der Waals surface area (Å²) in [6.45, 7) is 0.406. The fourth-order valence-electron chi connectivity index (χ4n) is 1.63. The summed E-state index contributed by atoms with van der Waals surface area (Å²) in [5.41, 5.74) is 1.42. The molecule has 0 aliphatic carbocycles. The smallest absolute Gasteiger partial charge is 0.165 e. The van der Waals surface area contributed by atoms with Crippen LogP contribution >= 0.6 is 11.6 Å². The summed E-state index contributed by atoms with van der Waals surface area (Å²) in [7, 11) is 1.41. The third-order valence-corrected chi connectivity index (χ3v) is 2.92. The predicted molar refractivity (Wildman–Crippen MR) is 71.7 cm³/mol. The molecule has 2 nitrogen and oxygen atoms in total. The molecule has 0 aliphatic heterocycles. The van der Waals surface area contributed by atoms with Crippen molar-refractivity contribution in [2.75, 3.05) is 12.4 Å². The minimum Gasteiger partial charge on any atom is -0.494 e. The maximum atomic E-state index is 13.5.